The number of ether oxygens (including phenoxy) is 5. The summed E-state index contributed by atoms with van der Waals surface area (Å²) in [6.07, 6.45) is 11.8. The first kappa shape index (κ1) is 67.4. The predicted octanol–water partition coefficient (Wildman–Crippen LogP) is 6.44. The van der Waals surface area contributed by atoms with Crippen LogP contribution in [0.5, 0.6) is 0 Å². The quantitative estimate of drug-likeness (QED) is 0.0823. The molecule has 18 nitrogen and oxygen atoms in total. The molecule has 0 aromatic carbocycles. The summed E-state index contributed by atoms with van der Waals surface area (Å²) in [7, 11) is 4.61. The number of methoxy groups -OCH3 is 3. The number of ketones is 4. The average Bonchev–Trinajstić information content (AvgIpc) is 1.38. The van der Waals surface area contributed by atoms with Crippen LogP contribution >= 0.6 is 0 Å². The molecule has 1 amide bonds. The molecule has 22 atom stereocenters. The summed E-state index contributed by atoms with van der Waals surface area (Å²) in [5, 5.41) is 66.0. The Morgan fingerprint density at radius 1 is 0.857 bits per heavy atom. The minimum Gasteiger partial charge on any atom is -0.456 e. The molecule has 0 unspecified atom stereocenters. The molecule has 0 aromatic heterocycles. The number of hydrogen-bond acceptors (Lipinski definition) is 17. The van der Waals surface area contributed by atoms with Crippen LogP contribution in [0.4, 0.5) is 0 Å². The highest BCUT2D eigenvalue weighted by molar-refractivity contribution is 6.39. The van der Waals surface area contributed by atoms with Crippen LogP contribution < -0.4 is 0 Å². The third kappa shape index (κ3) is 13.3. The number of cyclic esters (lactones) is 1. The van der Waals surface area contributed by atoms with E-state index in [9.17, 15) is 59.4 Å². The molecule has 3 aliphatic heterocycles. The second-order valence-electron chi connectivity index (χ2n) is 27.0. The Labute approximate surface area is 497 Å². The zero-order valence-electron chi connectivity index (χ0n) is 51.7. The van der Waals surface area contributed by atoms with Gasteiger partial charge in [0.1, 0.15) is 36.2 Å². The summed E-state index contributed by atoms with van der Waals surface area (Å²) in [4.78, 5) is 82.2. The molecule has 3 heterocycles. The minimum absolute atomic E-state index is 0.00620. The molecule has 2 saturated heterocycles. The molecule has 470 valence electrons. The van der Waals surface area contributed by atoms with Crippen LogP contribution in [0, 0.1) is 64.1 Å². The van der Waals surface area contributed by atoms with Crippen LogP contribution in [0.2, 0.25) is 0 Å². The highest BCUT2D eigenvalue weighted by Gasteiger charge is 2.68. The summed E-state index contributed by atoms with van der Waals surface area (Å²) >= 11 is 0. The van der Waals surface area contributed by atoms with Crippen molar-refractivity contribution in [3.63, 3.8) is 0 Å². The highest BCUT2D eigenvalue weighted by atomic mass is 16.7. The number of rotatable bonds is 9. The number of aliphatic hydroxyl groups is 6. The van der Waals surface area contributed by atoms with E-state index in [1.54, 1.807) is 39.2 Å². The summed E-state index contributed by atoms with van der Waals surface area (Å²) in [5.74, 6) is -7.84. The van der Waals surface area contributed by atoms with Gasteiger partial charge in [0, 0.05) is 68.8 Å². The van der Waals surface area contributed by atoms with Crippen molar-refractivity contribution < 1.29 is 83.1 Å². The van der Waals surface area contributed by atoms with E-state index in [-0.39, 0.29) is 84.4 Å². The second-order valence-corrected chi connectivity index (χ2v) is 27.0. The number of esters is 1. The lowest BCUT2D eigenvalue weighted by Crippen LogP contribution is -2.64. The lowest BCUT2D eigenvalue weighted by molar-refractivity contribution is -0.302. The van der Waals surface area contributed by atoms with Crippen LogP contribution in [-0.2, 0) is 52.5 Å². The normalized spacial score (nSPS) is 44.3. The Hall–Kier alpha value is -4.08. The van der Waals surface area contributed by atoms with Crippen molar-refractivity contribution in [1.29, 1.82) is 0 Å². The monoisotopic (exact) mass is 1180 g/mol. The Morgan fingerprint density at radius 2 is 1.54 bits per heavy atom. The standard InChI is InChI=1S/C44H69NO12.C22H30O5/c1-10-13-31-19-25(2)18-26(3)20-37(54-8)40-38(55-9)22-28(5)44(52,57-40)41(49)42(50)45-17-12-11-14-32(45)43(51)56-39(29(6)34(47)24-35(31)48)27(4)21-30-15-16-33(46)36(23-30)53-7;1-12-8-14-15-5-7-22(27,18(26)11-23)21(15,3)10-17(25)19(14)20(2)6-4-13(24)9-16(12)20/h10,19,21,26,28-34,36-40,46-47,52H,1,11-18,20,22-24H2,2-9H3;4,6,9,12,14-15,17,19,23,25,27H,5,7-8,10-11H2,1-3H3/b25-19+,27-21+;/t26-,28+,29+,30-,31+,32-,33+,34-,36+,37-,38-,39+,40+,44+;12-,14-,15-,17-,19+,20-,21-,22-/m00/s1. The number of allylic oxidation sites excluding steroid dienone is 8. The van der Waals surface area contributed by atoms with Gasteiger partial charge in [-0.3, -0.25) is 24.0 Å². The summed E-state index contributed by atoms with van der Waals surface area (Å²) in [5.41, 5.74) is 0.0195. The molecule has 2 bridgehead atoms. The lowest BCUT2D eigenvalue weighted by atomic mass is 9.45. The van der Waals surface area contributed by atoms with Gasteiger partial charge >= 0.3 is 5.97 Å². The van der Waals surface area contributed by atoms with E-state index in [1.165, 1.54) is 19.1 Å². The predicted molar refractivity (Wildman–Crippen MR) is 312 cm³/mol. The maximum Gasteiger partial charge on any atom is 0.329 e. The molecule has 6 N–H and O–H groups in total. The summed E-state index contributed by atoms with van der Waals surface area (Å²) in [6.45, 7) is 18.6. The van der Waals surface area contributed by atoms with Crippen LogP contribution in [0.1, 0.15) is 152 Å². The van der Waals surface area contributed by atoms with Gasteiger partial charge in [0.15, 0.2) is 11.6 Å². The Morgan fingerprint density at radius 3 is 2.19 bits per heavy atom. The molecule has 84 heavy (non-hydrogen) atoms. The fourth-order valence-corrected chi connectivity index (χ4v) is 16.8. The third-order valence-corrected chi connectivity index (χ3v) is 21.4. The maximum absolute atomic E-state index is 14.3. The number of carbonyl (C=O) groups is 6. The molecule has 6 fully saturated rings. The van der Waals surface area contributed by atoms with Crippen molar-refractivity contribution in [1.82, 2.24) is 4.90 Å². The fourth-order valence-electron chi connectivity index (χ4n) is 16.8. The SMILES string of the molecule is C=CC[C@@H]1/C=C(\C)C[C@H](C)C[C@H](OC)[C@H]2O[C@@](O)(C(=O)C(=O)N3CCCC[C@H]3C(=O)O[C@H](/C(C)=C/[C@@H]3CC[C@@H](O)[C@H](OC)C3)[C@H](C)[C@@H](O)CC1=O)[C@H](C)C[C@@H]2OC.C[C@H]1C[C@@H]2[C@H]([C@@H](O)C[C@@]3(C)[C@H]2CC[C@]3(O)C(=O)CO)[C@@]2(C)C=CC(=O)C=C12. The number of nitrogens with zero attached hydrogens (tertiary/aromatic N) is 1. The minimum atomic E-state index is -2.51. The highest BCUT2D eigenvalue weighted by Crippen LogP contribution is 2.68. The van der Waals surface area contributed by atoms with E-state index >= 15 is 0 Å². The number of aliphatic hydroxyl groups excluding tert-OH is 4. The zero-order chi connectivity index (χ0) is 62.0. The van der Waals surface area contributed by atoms with E-state index < -0.39 is 113 Å². The molecule has 5 aliphatic carbocycles. The van der Waals surface area contributed by atoms with Gasteiger partial charge in [-0.1, -0.05) is 77.0 Å². The average molecular weight is 1180 g/mol. The Balaban J connectivity index is 0.000000309. The molecule has 0 radical (unpaired) electrons. The third-order valence-electron chi connectivity index (χ3n) is 21.4. The molecule has 18 heteroatoms. The van der Waals surface area contributed by atoms with E-state index in [4.69, 9.17) is 23.7 Å². The molecular formula is C66H99NO17. The molecule has 8 rings (SSSR count). The molecule has 0 spiro atoms. The smallest absolute Gasteiger partial charge is 0.329 e. The topological polar surface area (TPSA) is 273 Å². The number of Topliss-reactive ketones (excluding diaryl/α,β-unsaturated/α-hetero) is 3. The van der Waals surface area contributed by atoms with Crippen LogP contribution in [-0.4, -0.2) is 171 Å². The first-order valence-electron chi connectivity index (χ1n) is 31.0. The number of hydrogen-bond donors (Lipinski definition) is 6. The maximum atomic E-state index is 14.3. The Bertz CT molecular complexity index is 2560. The van der Waals surface area contributed by atoms with Gasteiger partial charge in [-0.25, -0.2) is 4.79 Å². The van der Waals surface area contributed by atoms with Crippen molar-refractivity contribution in [3.05, 3.63) is 59.8 Å². The van der Waals surface area contributed by atoms with Gasteiger partial charge in [0.2, 0.25) is 5.79 Å². The van der Waals surface area contributed by atoms with Crippen molar-refractivity contribution in [3.8, 4) is 0 Å². The molecular weight excluding hydrogens is 1080 g/mol. The van der Waals surface area contributed by atoms with E-state index in [1.807, 2.05) is 45.9 Å². The second kappa shape index (κ2) is 27.5. The number of piperidine rings is 1. The summed E-state index contributed by atoms with van der Waals surface area (Å²) < 4.78 is 29.7. The lowest BCUT2D eigenvalue weighted by Gasteiger charge is -2.60. The van der Waals surface area contributed by atoms with Crippen molar-refractivity contribution in [2.24, 2.45) is 64.1 Å². The van der Waals surface area contributed by atoms with Crippen LogP contribution in [0.15, 0.2) is 59.8 Å². The molecule has 4 saturated carbocycles. The van der Waals surface area contributed by atoms with Crippen molar-refractivity contribution in [2.75, 3.05) is 34.5 Å². The first-order valence-corrected chi connectivity index (χ1v) is 31.0. The van der Waals surface area contributed by atoms with Crippen molar-refractivity contribution in [2.45, 2.75) is 218 Å². The van der Waals surface area contributed by atoms with Gasteiger partial charge < -0.3 is 59.2 Å². The first-order chi connectivity index (χ1) is 39.6. The zero-order valence-corrected chi connectivity index (χ0v) is 51.7. The number of amides is 1. The van der Waals surface area contributed by atoms with Crippen molar-refractivity contribution >= 4 is 35.0 Å². The van der Waals surface area contributed by atoms with E-state index in [2.05, 4.69) is 20.4 Å². The number of carbonyl (C=O) groups excluding carboxylic acids is 6. The number of fused-ring (bicyclic) bond motifs is 8. The van der Waals surface area contributed by atoms with Crippen LogP contribution in [0.25, 0.3) is 0 Å². The van der Waals surface area contributed by atoms with E-state index in [0.29, 0.717) is 69.8 Å². The van der Waals surface area contributed by atoms with E-state index in [0.717, 1.165) is 24.0 Å². The van der Waals surface area contributed by atoms with Gasteiger partial charge in [0.25, 0.3) is 11.7 Å². The Kier molecular flexibility index (Phi) is 22.1. The van der Waals surface area contributed by atoms with Gasteiger partial charge in [-0.15, -0.1) is 6.58 Å². The largest absolute Gasteiger partial charge is 0.456 e. The van der Waals surface area contributed by atoms with Gasteiger partial charge in [-0.2, -0.15) is 0 Å². The van der Waals surface area contributed by atoms with Crippen LogP contribution in [0.3, 0.4) is 0 Å². The fraction of sp³-hybridized carbons (Fsp3) is 0.758. The molecule has 8 aliphatic rings. The summed E-state index contributed by atoms with van der Waals surface area (Å²) in [6, 6.07) is -1.14. The molecule has 0 aromatic rings. The van der Waals surface area contributed by atoms with Gasteiger partial charge in [-0.05, 0) is 151 Å². The van der Waals surface area contributed by atoms with Gasteiger partial charge in [0.05, 0.1) is 36.6 Å².